The molecular weight excluding hydrogens is 184 g/mol. The number of carboxylic acids is 2. The molecule has 0 aromatic heterocycles. The number of carbonyl (C=O) groups is 2. The van der Waals surface area contributed by atoms with Crippen LogP contribution in [0.15, 0.2) is 0 Å². The second-order valence-corrected chi connectivity index (χ2v) is 4.23. The summed E-state index contributed by atoms with van der Waals surface area (Å²) in [7, 11) is 0. The van der Waals surface area contributed by atoms with Gasteiger partial charge in [0.05, 0.1) is 0 Å². The summed E-state index contributed by atoms with van der Waals surface area (Å²) < 4.78 is 0. The summed E-state index contributed by atoms with van der Waals surface area (Å²) in [4.78, 5) is 21.1. The smallest absolute Gasteiger partial charge is 0.303 e. The van der Waals surface area contributed by atoms with Gasteiger partial charge in [0.2, 0.25) is 0 Å². The first kappa shape index (κ1) is 12.9. The average Bonchev–Trinajstić information content (AvgIpc) is 2.01. The largest absolute Gasteiger partial charge is 0.481 e. The molecular formula is C10H18O4. The summed E-state index contributed by atoms with van der Waals surface area (Å²) in [6.07, 6.45) is 0.624. The molecule has 82 valence electrons. The lowest BCUT2D eigenvalue weighted by Crippen LogP contribution is -2.28. The Bertz CT molecular complexity index is 204. The zero-order valence-electron chi connectivity index (χ0n) is 8.91. The highest BCUT2D eigenvalue weighted by Gasteiger charge is 2.31. The van der Waals surface area contributed by atoms with E-state index in [1.54, 1.807) is 0 Å². The predicted molar refractivity (Wildman–Crippen MR) is 52.1 cm³/mol. The summed E-state index contributed by atoms with van der Waals surface area (Å²) in [5.41, 5.74) is -0.239. The molecule has 0 aromatic carbocycles. The van der Waals surface area contributed by atoms with Gasteiger partial charge in [0.1, 0.15) is 0 Å². The van der Waals surface area contributed by atoms with E-state index < -0.39 is 11.9 Å². The van der Waals surface area contributed by atoms with E-state index in [0.29, 0.717) is 0 Å². The van der Waals surface area contributed by atoms with Crippen molar-refractivity contribution in [3.63, 3.8) is 0 Å². The van der Waals surface area contributed by atoms with Crippen molar-refractivity contribution in [3.8, 4) is 0 Å². The third-order valence-corrected chi connectivity index (χ3v) is 2.86. The third-order valence-electron chi connectivity index (χ3n) is 2.86. The number of hydrogen-bond donors (Lipinski definition) is 2. The van der Waals surface area contributed by atoms with Gasteiger partial charge in [0, 0.05) is 12.8 Å². The highest BCUT2D eigenvalue weighted by molar-refractivity contribution is 5.70. The molecule has 0 unspecified atom stereocenters. The Morgan fingerprint density at radius 3 is 1.71 bits per heavy atom. The SMILES string of the molecule is CCC(C)(C)C(CC(=O)O)CC(=O)O. The van der Waals surface area contributed by atoms with Gasteiger partial charge in [-0.15, -0.1) is 0 Å². The maximum Gasteiger partial charge on any atom is 0.303 e. The quantitative estimate of drug-likeness (QED) is 0.690. The van der Waals surface area contributed by atoms with Gasteiger partial charge in [-0.1, -0.05) is 27.2 Å². The van der Waals surface area contributed by atoms with Gasteiger partial charge < -0.3 is 10.2 Å². The highest BCUT2D eigenvalue weighted by Crippen LogP contribution is 2.35. The first-order valence-electron chi connectivity index (χ1n) is 4.73. The molecule has 0 heterocycles. The summed E-state index contributed by atoms with van der Waals surface area (Å²) >= 11 is 0. The van der Waals surface area contributed by atoms with Crippen LogP contribution in [0.4, 0.5) is 0 Å². The second kappa shape index (κ2) is 4.98. The van der Waals surface area contributed by atoms with Crippen molar-refractivity contribution in [2.75, 3.05) is 0 Å². The second-order valence-electron chi connectivity index (χ2n) is 4.23. The fourth-order valence-electron chi connectivity index (χ4n) is 1.34. The lowest BCUT2D eigenvalue weighted by atomic mass is 9.73. The first-order valence-corrected chi connectivity index (χ1v) is 4.73. The van der Waals surface area contributed by atoms with Gasteiger partial charge in [-0.25, -0.2) is 0 Å². The van der Waals surface area contributed by atoms with E-state index >= 15 is 0 Å². The minimum Gasteiger partial charge on any atom is -0.481 e. The van der Waals surface area contributed by atoms with Crippen molar-refractivity contribution in [2.24, 2.45) is 11.3 Å². The van der Waals surface area contributed by atoms with Crippen LogP contribution in [0.3, 0.4) is 0 Å². The van der Waals surface area contributed by atoms with Gasteiger partial charge in [0.15, 0.2) is 0 Å². The van der Waals surface area contributed by atoms with E-state index in [-0.39, 0.29) is 24.2 Å². The molecule has 0 atom stereocenters. The van der Waals surface area contributed by atoms with Crippen molar-refractivity contribution in [2.45, 2.75) is 40.0 Å². The molecule has 0 saturated heterocycles. The van der Waals surface area contributed by atoms with E-state index in [2.05, 4.69) is 0 Å². The van der Waals surface area contributed by atoms with Crippen LogP contribution in [0.25, 0.3) is 0 Å². The minimum absolute atomic E-state index is 0.0762. The van der Waals surface area contributed by atoms with E-state index in [1.165, 1.54) is 0 Å². The normalized spacial score (nSPS) is 11.7. The van der Waals surface area contributed by atoms with Crippen LogP contribution < -0.4 is 0 Å². The number of rotatable bonds is 6. The number of carboxylic acid groups (broad SMARTS) is 2. The maximum absolute atomic E-state index is 10.6. The zero-order chi connectivity index (χ0) is 11.4. The standard InChI is InChI=1S/C10H18O4/c1-4-10(2,3)7(5-8(11)12)6-9(13)14/h7H,4-6H2,1-3H3,(H,11,12)(H,13,14). The molecule has 0 bridgehead atoms. The summed E-state index contributed by atoms with van der Waals surface area (Å²) in [6.45, 7) is 5.75. The monoisotopic (exact) mass is 202 g/mol. The molecule has 4 nitrogen and oxygen atoms in total. The van der Waals surface area contributed by atoms with Crippen molar-refractivity contribution in [1.29, 1.82) is 0 Å². The Morgan fingerprint density at radius 2 is 1.50 bits per heavy atom. The molecule has 2 N–H and O–H groups in total. The van der Waals surface area contributed by atoms with Gasteiger partial charge in [-0.05, 0) is 11.3 Å². The zero-order valence-corrected chi connectivity index (χ0v) is 8.91. The van der Waals surface area contributed by atoms with Crippen molar-refractivity contribution < 1.29 is 19.8 Å². The van der Waals surface area contributed by atoms with Crippen LogP contribution in [0.2, 0.25) is 0 Å². The predicted octanol–water partition coefficient (Wildman–Crippen LogP) is 1.99. The van der Waals surface area contributed by atoms with Crippen LogP contribution in [-0.4, -0.2) is 22.2 Å². The molecule has 0 aliphatic carbocycles. The Balaban J connectivity index is 4.53. The molecule has 0 radical (unpaired) electrons. The van der Waals surface area contributed by atoms with Crippen LogP contribution in [0.1, 0.15) is 40.0 Å². The van der Waals surface area contributed by atoms with Gasteiger partial charge in [-0.2, -0.15) is 0 Å². The van der Waals surface area contributed by atoms with E-state index in [0.717, 1.165) is 6.42 Å². The molecule has 0 saturated carbocycles. The molecule has 0 rings (SSSR count). The highest BCUT2D eigenvalue weighted by atomic mass is 16.4. The van der Waals surface area contributed by atoms with Gasteiger partial charge in [-0.3, -0.25) is 9.59 Å². The Kier molecular flexibility index (Phi) is 4.60. The molecule has 0 fully saturated rings. The summed E-state index contributed by atoms with van der Waals surface area (Å²) in [5, 5.41) is 17.3. The molecule has 0 aliphatic rings. The third kappa shape index (κ3) is 4.25. The summed E-state index contributed by atoms with van der Waals surface area (Å²) in [5.74, 6) is -2.17. The van der Waals surface area contributed by atoms with Crippen LogP contribution in [-0.2, 0) is 9.59 Å². The number of hydrogen-bond acceptors (Lipinski definition) is 2. The van der Waals surface area contributed by atoms with Crippen LogP contribution in [0.5, 0.6) is 0 Å². The fourth-order valence-corrected chi connectivity index (χ4v) is 1.34. The Hall–Kier alpha value is -1.06. The van der Waals surface area contributed by atoms with Gasteiger partial charge in [0.25, 0.3) is 0 Å². The maximum atomic E-state index is 10.6. The minimum atomic E-state index is -0.933. The molecule has 14 heavy (non-hydrogen) atoms. The molecule has 0 amide bonds. The van der Waals surface area contributed by atoms with Crippen LogP contribution in [0, 0.1) is 11.3 Å². The lowest BCUT2D eigenvalue weighted by Gasteiger charge is -2.31. The lowest BCUT2D eigenvalue weighted by molar-refractivity contribution is -0.142. The number of aliphatic carboxylic acids is 2. The van der Waals surface area contributed by atoms with E-state index in [4.69, 9.17) is 10.2 Å². The molecule has 0 spiro atoms. The fraction of sp³-hybridized carbons (Fsp3) is 0.800. The van der Waals surface area contributed by atoms with Gasteiger partial charge >= 0.3 is 11.9 Å². The average molecular weight is 202 g/mol. The van der Waals surface area contributed by atoms with E-state index in [1.807, 2.05) is 20.8 Å². The Morgan fingerprint density at radius 1 is 1.14 bits per heavy atom. The van der Waals surface area contributed by atoms with Crippen molar-refractivity contribution >= 4 is 11.9 Å². The first-order chi connectivity index (χ1) is 6.29. The van der Waals surface area contributed by atoms with Crippen molar-refractivity contribution in [3.05, 3.63) is 0 Å². The topological polar surface area (TPSA) is 74.6 Å². The van der Waals surface area contributed by atoms with Crippen molar-refractivity contribution in [1.82, 2.24) is 0 Å². The van der Waals surface area contributed by atoms with E-state index in [9.17, 15) is 9.59 Å². The van der Waals surface area contributed by atoms with Crippen LogP contribution >= 0.6 is 0 Å². The molecule has 0 aliphatic heterocycles. The molecule has 4 heteroatoms. The Labute approximate surface area is 83.9 Å². The summed E-state index contributed by atoms with van der Waals surface area (Å²) in [6, 6.07) is 0. The molecule has 0 aromatic rings.